The third kappa shape index (κ3) is 1.87. The van der Waals surface area contributed by atoms with Gasteiger partial charge in [-0.3, -0.25) is 4.98 Å². The Kier molecular flexibility index (Phi) is 2.76. The Bertz CT molecular complexity index is 707. The van der Waals surface area contributed by atoms with E-state index in [0.29, 0.717) is 0 Å². The summed E-state index contributed by atoms with van der Waals surface area (Å²) < 4.78 is 0.978. The highest BCUT2D eigenvalue weighted by atomic mass is 79.9. The summed E-state index contributed by atoms with van der Waals surface area (Å²) in [7, 11) is 0. The minimum atomic E-state index is 0.272. The predicted octanol–water partition coefficient (Wildman–Crippen LogP) is 4.37. The maximum Gasteiger partial charge on any atom is 0.115 e. The second kappa shape index (κ2) is 4.42. The second-order valence-corrected chi connectivity index (χ2v) is 4.84. The predicted molar refractivity (Wildman–Crippen MR) is 76.5 cm³/mol. The number of rotatable bonds is 1. The second-order valence-electron chi connectivity index (χ2n) is 4.05. The first-order valence-corrected chi connectivity index (χ1v) is 6.37. The molecule has 1 N–H and O–H groups in total. The van der Waals surface area contributed by atoms with Gasteiger partial charge in [-0.2, -0.15) is 0 Å². The van der Waals surface area contributed by atoms with Gasteiger partial charge in [-0.1, -0.05) is 30.3 Å². The largest absolute Gasteiger partial charge is 0.508 e. The van der Waals surface area contributed by atoms with Crippen LogP contribution in [0.4, 0.5) is 0 Å². The molecule has 3 heteroatoms. The summed E-state index contributed by atoms with van der Waals surface area (Å²) >= 11 is 3.61. The molecule has 0 bridgehead atoms. The molecule has 3 aromatic rings. The third-order valence-corrected chi connectivity index (χ3v) is 3.69. The topological polar surface area (TPSA) is 33.1 Å². The average Bonchev–Trinajstić information content (AvgIpc) is 2.41. The van der Waals surface area contributed by atoms with E-state index in [4.69, 9.17) is 0 Å². The first-order valence-electron chi connectivity index (χ1n) is 5.58. The van der Waals surface area contributed by atoms with Crippen LogP contribution in [0, 0.1) is 0 Å². The van der Waals surface area contributed by atoms with Crippen molar-refractivity contribution in [1.29, 1.82) is 0 Å². The third-order valence-electron chi connectivity index (χ3n) is 2.89. The van der Waals surface area contributed by atoms with Crippen LogP contribution in [0.1, 0.15) is 0 Å². The Morgan fingerprint density at radius 2 is 1.72 bits per heavy atom. The number of pyridine rings is 1. The molecule has 1 aromatic heterocycles. The molecule has 0 saturated heterocycles. The molecule has 18 heavy (non-hydrogen) atoms. The molecular weight excluding hydrogens is 290 g/mol. The van der Waals surface area contributed by atoms with Crippen LogP contribution in [-0.4, -0.2) is 10.1 Å². The van der Waals surface area contributed by atoms with Gasteiger partial charge < -0.3 is 5.11 Å². The van der Waals surface area contributed by atoms with Gasteiger partial charge in [-0.15, -0.1) is 0 Å². The quantitative estimate of drug-likeness (QED) is 0.724. The summed E-state index contributed by atoms with van der Waals surface area (Å²) in [4.78, 5) is 4.39. The Labute approximate surface area is 113 Å². The molecule has 2 nitrogen and oxygen atoms in total. The maximum absolute atomic E-state index is 9.32. The highest BCUT2D eigenvalue weighted by molar-refractivity contribution is 9.10. The molecule has 0 amide bonds. The summed E-state index contributed by atoms with van der Waals surface area (Å²) in [6, 6.07) is 15.2. The molecule has 3 rings (SSSR count). The van der Waals surface area contributed by atoms with Crippen molar-refractivity contribution in [2.24, 2.45) is 0 Å². The van der Waals surface area contributed by atoms with Gasteiger partial charge in [0, 0.05) is 11.6 Å². The lowest BCUT2D eigenvalue weighted by Gasteiger charge is -2.07. The molecule has 0 aliphatic rings. The zero-order valence-electron chi connectivity index (χ0n) is 9.47. The molecule has 0 aliphatic heterocycles. The number of phenolic OH excluding ortho intramolecular Hbond substituents is 1. The molecular formula is C15H10BrNO. The number of fused-ring (bicyclic) bond motifs is 1. The number of aromatic hydroxyl groups is 1. The van der Waals surface area contributed by atoms with E-state index in [-0.39, 0.29) is 5.75 Å². The molecule has 0 unspecified atom stereocenters. The van der Waals surface area contributed by atoms with E-state index >= 15 is 0 Å². The Balaban J connectivity index is 2.24. The van der Waals surface area contributed by atoms with Crippen molar-refractivity contribution in [3.05, 3.63) is 59.2 Å². The Hall–Kier alpha value is -1.87. The summed E-state index contributed by atoms with van der Waals surface area (Å²) in [5.74, 6) is 0.272. The molecule has 2 aromatic carbocycles. The van der Waals surface area contributed by atoms with Gasteiger partial charge in [0.15, 0.2) is 0 Å². The van der Waals surface area contributed by atoms with E-state index in [2.05, 4.69) is 33.0 Å². The van der Waals surface area contributed by atoms with Gasteiger partial charge in [0.2, 0.25) is 0 Å². The molecule has 0 spiro atoms. The monoisotopic (exact) mass is 299 g/mol. The zero-order valence-corrected chi connectivity index (χ0v) is 11.1. The molecule has 0 aliphatic carbocycles. The molecule has 0 fully saturated rings. The van der Waals surface area contributed by atoms with Crippen molar-refractivity contribution >= 4 is 26.8 Å². The number of nitrogens with zero attached hydrogens (tertiary/aromatic N) is 1. The zero-order chi connectivity index (χ0) is 12.5. The summed E-state index contributed by atoms with van der Waals surface area (Å²) in [5, 5.41) is 10.4. The van der Waals surface area contributed by atoms with Gasteiger partial charge in [-0.05, 0) is 45.3 Å². The van der Waals surface area contributed by atoms with Gasteiger partial charge in [-0.25, -0.2) is 0 Å². The van der Waals surface area contributed by atoms with Crippen LogP contribution in [0.2, 0.25) is 0 Å². The summed E-state index contributed by atoms with van der Waals surface area (Å²) in [6.07, 6.45) is 1.79. The van der Waals surface area contributed by atoms with E-state index < -0.39 is 0 Å². The number of halogens is 1. The van der Waals surface area contributed by atoms with Crippen LogP contribution in [0.3, 0.4) is 0 Å². The smallest absolute Gasteiger partial charge is 0.115 e. The lowest BCUT2D eigenvalue weighted by molar-refractivity contribution is 0.475. The number of aromatic nitrogens is 1. The SMILES string of the molecule is Oc1ccc(-c2ccc3cccnc3c2Br)cc1. The van der Waals surface area contributed by atoms with E-state index in [0.717, 1.165) is 26.5 Å². The fourth-order valence-corrected chi connectivity index (χ4v) is 2.67. The molecule has 0 saturated carbocycles. The average molecular weight is 300 g/mol. The highest BCUT2D eigenvalue weighted by Gasteiger charge is 2.07. The van der Waals surface area contributed by atoms with Gasteiger partial charge in [0.1, 0.15) is 5.75 Å². The van der Waals surface area contributed by atoms with Gasteiger partial charge in [0.05, 0.1) is 9.99 Å². The molecule has 1 heterocycles. The van der Waals surface area contributed by atoms with Crippen LogP contribution < -0.4 is 0 Å². The lowest BCUT2D eigenvalue weighted by Crippen LogP contribution is -1.84. The highest BCUT2D eigenvalue weighted by Crippen LogP contribution is 2.33. The Morgan fingerprint density at radius 3 is 2.50 bits per heavy atom. The number of phenols is 1. The van der Waals surface area contributed by atoms with Gasteiger partial charge >= 0.3 is 0 Å². The number of benzene rings is 2. The first-order chi connectivity index (χ1) is 8.75. The van der Waals surface area contributed by atoms with E-state index in [9.17, 15) is 5.11 Å². The molecule has 0 atom stereocenters. The van der Waals surface area contributed by atoms with Crippen molar-refractivity contribution in [3.8, 4) is 16.9 Å². The molecule has 0 radical (unpaired) electrons. The van der Waals surface area contributed by atoms with E-state index in [1.807, 2.05) is 24.3 Å². The van der Waals surface area contributed by atoms with Crippen molar-refractivity contribution in [1.82, 2.24) is 4.98 Å². The molecule has 88 valence electrons. The standard InChI is InChI=1S/C15H10BrNO/c16-14-13(10-3-6-12(18)7-4-10)8-5-11-2-1-9-17-15(11)14/h1-9,18H. The maximum atomic E-state index is 9.32. The minimum Gasteiger partial charge on any atom is -0.508 e. The number of hydrogen-bond donors (Lipinski definition) is 1. The summed E-state index contributed by atoms with van der Waals surface area (Å²) in [5.41, 5.74) is 3.07. The van der Waals surface area contributed by atoms with Crippen LogP contribution in [-0.2, 0) is 0 Å². The van der Waals surface area contributed by atoms with E-state index in [1.165, 1.54) is 0 Å². The lowest BCUT2D eigenvalue weighted by atomic mass is 10.0. The minimum absolute atomic E-state index is 0.272. The van der Waals surface area contributed by atoms with E-state index in [1.54, 1.807) is 18.3 Å². The van der Waals surface area contributed by atoms with Crippen LogP contribution in [0.15, 0.2) is 59.2 Å². The van der Waals surface area contributed by atoms with Crippen molar-refractivity contribution in [3.63, 3.8) is 0 Å². The van der Waals surface area contributed by atoms with Crippen LogP contribution >= 0.6 is 15.9 Å². The summed E-state index contributed by atoms with van der Waals surface area (Å²) in [6.45, 7) is 0. The van der Waals surface area contributed by atoms with Crippen LogP contribution in [0.25, 0.3) is 22.0 Å². The fourth-order valence-electron chi connectivity index (χ4n) is 1.97. The normalized spacial score (nSPS) is 10.7. The van der Waals surface area contributed by atoms with Crippen molar-refractivity contribution in [2.45, 2.75) is 0 Å². The fraction of sp³-hybridized carbons (Fsp3) is 0. The van der Waals surface area contributed by atoms with Gasteiger partial charge in [0.25, 0.3) is 0 Å². The van der Waals surface area contributed by atoms with Crippen LogP contribution in [0.5, 0.6) is 5.75 Å². The van der Waals surface area contributed by atoms with Crippen molar-refractivity contribution < 1.29 is 5.11 Å². The number of hydrogen-bond acceptors (Lipinski definition) is 2. The Morgan fingerprint density at radius 1 is 0.944 bits per heavy atom. The van der Waals surface area contributed by atoms with Crippen molar-refractivity contribution in [2.75, 3.05) is 0 Å². The first kappa shape index (κ1) is 11.2.